The van der Waals surface area contributed by atoms with Crippen LogP contribution in [0.4, 0.5) is 13.2 Å². The number of benzene rings is 2. The van der Waals surface area contributed by atoms with Crippen LogP contribution < -0.4 is 9.47 Å². The fourth-order valence-corrected chi connectivity index (χ4v) is 3.61. The van der Waals surface area contributed by atoms with Crippen molar-refractivity contribution in [2.75, 3.05) is 40.4 Å². The summed E-state index contributed by atoms with van der Waals surface area (Å²) in [5, 5.41) is 0. The minimum absolute atomic E-state index is 0.0559. The normalized spacial score (nSPS) is 14.4. The van der Waals surface area contributed by atoms with Gasteiger partial charge >= 0.3 is 6.18 Å². The Morgan fingerprint density at radius 2 is 1.55 bits per heavy atom. The van der Waals surface area contributed by atoms with Crippen LogP contribution in [-0.2, 0) is 17.4 Å². The van der Waals surface area contributed by atoms with E-state index in [9.17, 15) is 22.8 Å². The van der Waals surface area contributed by atoms with E-state index in [1.165, 1.54) is 37.3 Å². The summed E-state index contributed by atoms with van der Waals surface area (Å²) in [5.74, 6) is 0.107. The van der Waals surface area contributed by atoms with Gasteiger partial charge in [-0.2, -0.15) is 13.2 Å². The molecule has 6 nitrogen and oxygen atoms in total. The third-order valence-corrected chi connectivity index (χ3v) is 5.22. The van der Waals surface area contributed by atoms with Gasteiger partial charge in [-0.3, -0.25) is 9.59 Å². The summed E-state index contributed by atoms with van der Waals surface area (Å²) >= 11 is 0. The maximum absolute atomic E-state index is 13.2. The van der Waals surface area contributed by atoms with Crippen LogP contribution in [0, 0.1) is 0 Å². The maximum atomic E-state index is 13.2. The highest BCUT2D eigenvalue weighted by atomic mass is 19.4. The Hall–Kier alpha value is -3.23. The van der Waals surface area contributed by atoms with Gasteiger partial charge in [-0.25, -0.2) is 0 Å². The Bertz CT molecular complexity index is 954. The number of hydrogen-bond donors (Lipinski definition) is 0. The van der Waals surface area contributed by atoms with Gasteiger partial charge in [0.2, 0.25) is 5.91 Å². The number of para-hydroxylation sites is 1. The number of ether oxygens (including phenoxy) is 2. The third kappa shape index (κ3) is 4.92. The Morgan fingerprint density at radius 1 is 0.903 bits per heavy atom. The van der Waals surface area contributed by atoms with Crippen LogP contribution in [0.3, 0.4) is 0 Å². The van der Waals surface area contributed by atoms with Gasteiger partial charge < -0.3 is 19.3 Å². The topological polar surface area (TPSA) is 59.1 Å². The monoisotopic (exact) mass is 436 g/mol. The molecule has 0 N–H and O–H groups in total. The van der Waals surface area contributed by atoms with Crippen LogP contribution in [0.2, 0.25) is 0 Å². The Labute approximate surface area is 178 Å². The highest BCUT2D eigenvalue weighted by Crippen LogP contribution is 2.33. The van der Waals surface area contributed by atoms with Crippen molar-refractivity contribution in [2.24, 2.45) is 0 Å². The molecular weight excluding hydrogens is 413 g/mol. The minimum atomic E-state index is -4.52. The van der Waals surface area contributed by atoms with Crippen LogP contribution in [0.25, 0.3) is 0 Å². The van der Waals surface area contributed by atoms with E-state index in [4.69, 9.17) is 9.47 Å². The molecule has 2 aromatic carbocycles. The number of carbonyl (C=O) groups excluding carboxylic acids is 2. The fourth-order valence-electron chi connectivity index (χ4n) is 3.61. The third-order valence-electron chi connectivity index (χ3n) is 5.22. The quantitative estimate of drug-likeness (QED) is 0.722. The van der Waals surface area contributed by atoms with E-state index < -0.39 is 17.6 Å². The average molecular weight is 436 g/mol. The van der Waals surface area contributed by atoms with Crippen LogP contribution in [-0.4, -0.2) is 62.0 Å². The molecule has 2 aromatic rings. The average Bonchev–Trinajstić information content (AvgIpc) is 2.77. The highest BCUT2D eigenvalue weighted by Gasteiger charge is 2.34. The zero-order valence-corrected chi connectivity index (χ0v) is 17.2. The maximum Gasteiger partial charge on any atom is 0.416 e. The van der Waals surface area contributed by atoms with Gasteiger partial charge in [-0.05, 0) is 23.8 Å². The first-order valence-electron chi connectivity index (χ1n) is 9.69. The fraction of sp³-hybridized carbons (Fsp3) is 0.364. The van der Waals surface area contributed by atoms with Gasteiger partial charge in [-0.1, -0.05) is 24.3 Å². The molecule has 0 aliphatic carbocycles. The lowest BCUT2D eigenvalue weighted by molar-refractivity contribution is -0.138. The van der Waals surface area contributed by atoms with Gasteiger partial charge in [0.05, 0.1) is 31.8 Å². The second-order valence-corrected chi connectivity index (χ2v) is 7.05. The van der Waals surface area contributed by atoms with Crippen molar-refractivity contribution in [3.8, 4) is 11.5 Å². The molecule has 1 saturated heterocycles. The first-order chi connectivity index (χ1) is 14.8. The van der Waals surface area contributed by atoms with E-state index in [2.05, 4.69) is 0 Å². The van der Waals surface area contributed by atoms with Crippen molar-refractivity contribution in [3.63, 3.8) is 0 Å². The molecule has 1 aliphatic rings. The first-order valence-corrected chi connectivity index (χ1v) is 9.69. The number of carbonyl (C=O) groups is 2. The van der Waals surface area contributed by atoms with Crippen molar-refractivity contribution >= 4 is 11.8 Å². The van der Waals surface area contributed by atoms with Crippen LogP contribution in [0.5, 0.6) is 11.5 Å². The van der Waals surface area contributed by atoms with E-state index in [-0.39, 0.29) is 44.1 Å². The van der Waals surface area contributed by atoms with Crippen molar-refractivity contribution < 1.29 is 32.2 Å². The smallest absolute Gasteiger partial charge is 0.416 e. The molecule has 0 spiro atoms. The Balaban J connectivity index is 1.65. The molecule has 2 amide bonds. The summed E-state index contributed by atoms with van der Waals surface area (Å²) < 4.78 is 50.0. The molecule has 0 atom stereocenters. The van der Waals surface area contributed by atoms with Crippen molar-refractivity contribution in [1.29, 1.82) is 0 Å². The number of hydrogen-bond acceptors (Lipinski definition) is 4. The molecule has 0 aromatic heterocycles. The molecule has 0 unspecified atom stereocenters. The van der Waals surface area contributed by atoms with Crippen molar-refractivity contribution in [1.82, 2.24) is 9.80 Å². The largest absolute Gasteiger partial charge is 0.493 e. The second kappa shape index (κ2) is 9.28. The molecule has 0 radical (unpaired) electrons. The Morgan fingerprint density at radius 3 is 2.16 bits per heavy atom. The predicted molar refractivity (Wildman–Crippen MR) is 107 cm³/mol. The zero-order valence-electron chi connectivity index (χ0n) is 17.2. The second-order valence-electron chi connectivity index (χ2n) is 7.05. The molecule has 1 fully saturated rings. The van der Waals surface area contributed by atoms with E-state index in [0.717, 1.165) is 6.07 Å². The minimum Gasteiger partial charge on any atom is -0.493 e. The summed E-state index contributed by atoms with van der Waals surface area (Å²) in [6.07, 6.45) is -4.86. The molecule has 3 rings (SSSR count). The number of nitrogens with zero attached hydrogens (tertiary/aromatic N) is 2. The van der Waals surface area contributed by atoms with Gasteiger partial charge in [0.15, 0.2) is 11.5 Å². The van der Waals surface area contributed by atoms with Gasteiger partial charge in [-0.15, -0.1) is 0 Å². The zero-order chi connectivity index (χ0) is 22.6. The Kier molecular flexibility index (Phi) is 6.72. The first kappa shape index (κ1) is 22.5. The molecule has 166 valence electrons. The molecule has 1 heterocycles. The molecule has 31 heavy (non-hydrogen) atoms. The van der Waals surface area contributed by atoms with Crippen molar-refractivity contribution in [2.45, 2.75) is 12.6 Å². The molecule has 1 aliphatic heterocycles. The summed E-state index contributed by atoms with van der Waals surface area (Å²) in [6, 6.07) is 10.1. The predicted octanol–water partition coefficient (Wildman–Crippen LogP) is 3.25. The number of alkyl halides is 3. The lowest BCUT2D eigenvalue weighted by Crippen LogP contribution is -2.51. The standard InChI is InChI=1S/C22H23F3N2O4/c1-30-18-9-5-7-16(20(18)31-2)21(29)27-12-10-26(11-13-27)19(28)14-15-6-3-4-8-17(15)22(23,24)25/h3-9H,10-14H2,1-2H3. The van der Waals surface area contributed by atoms with Gasteiger partial charge in [0, 0.05) is 26.2 Å². The van der Waals surface area contributed by atoms with Gasteiger partial charge in [0.1, 0.15) is 0 Å². The van der Waals surface area contributed by atoms with Crippen LogP contribution in [0.15, 0.2) is 42.5 Å². The number of amides is 2. The van der Waals surface area contributed by atoms with Crippen LogP contribution >= 0.6 is 0 Å². The van der Waals surface area contributed by atoms with E-state index in [1.54, 1.807) is 23.1 Å². The summed E-state index contributed by atoms with van der Waals surface area (Å²) in [5.41, 5.74) is -0.511. The lowest BCUT2D eigenvalue weighted by atomic mass is 10.0. The SMILES string of the molecule is COc1cccc(C(=O)N2CCN(C(=O)Cc3ccccc3C(F)(F)F)CC2)c1OC. The van der Waals surface area contributed by atoms with E-state index in [0.29, 0.717) is 17.1 Å². The number of rotatable bonds is 5. The van der Waals surface area contributed by atoms with E-state index in [1.807, 2.05) is 0 Å². The molecular formula is C22H23F3N2O4. The van der Waals surface area contributed by atoms with E-state index >= 15 is 0 Å². The van der Waals surface area contributed by atoms with Crippen molar-refractivity contribution in [3.05, 3.63) is 59.2 Å². The summed E-state index contributed by atoms with van der Waals surface area (Å²) in [6.45, 7) is 1.02. The number of methoxy groups -OCH3 is 2. The summed E-state index contributed by atoms with van der Waals surface area (Å²) in [7, 11) is 2.93. The highest BCUT2D eigenvalue weighted by molar-refractivity contribution is 5.98. The number of piperazine rings is 1. The summed E-state index contributed by atoms with van der Waals surface area (Å²) in [4.78, 5) is 28.6. The molecule has 0 bridgehead atoms. The van der Waals surface area contributed by atoms with Crippen LogP contribution in [0.1, 0.15) is 21.5 Å². The molecule has 9 heteroatoms. The van der Waals surface area contributed by atoms with Gasteiger partial charge in [0.25, 0.3) is 5.91 Å². The molecule has 0 saturated carbocycles. The number of halogens is 3. The lowest BCUT2D eigenvalue weighted by Gasteiger charge is -2.35.